The van der Waals surface area contributed by atoms with Gasteiger partial charge in [-0.05, 0) is 60.2 Å². The fraction of sp³-hybridized carbons (Fsp3) is 0.148. The molecule has 15 heteroatoms. The first kappa shape index (κ1) is 28.3. The van der Waals surface area contributed by atoms with E-state index in [1.165, 1.54) is 28.8 Å². The molecule has 6 rings (SSSR count). The number of carbonyl (C=O) groups is 3. The molecule has 214 valence electrons. The summed E-state index contributed by atoms with van der Waals surface area (Å²) in [4.78, 5) is 59.2. The topological polar surface area (TPSA) is 162 Å². The van der Waals surface area contributed by atoms with Gasteiger partial charge in [0.1, 0.15) is 11.8 Å². The summed E-state index contributed by atoms with van der Waals surface area (Å²) in [5, 5.41) is 7.81. The number of hydrogen-bond acceptors (Lipinski definition) is 9. The number of benzene rings is 2. The van der Waals surface area contributed by atoms with Gasteiger partial charge in [0.15, 0.2) is 0 Å². The van der Waals surface area contributed by atoms with E-state index in [1.54, 1.807) is 48.8 Å². The van der Waals surface area contributed by atoms with Gasteiger partial charge in [-0.25, -0.2) is 18.5 Å². The number of nitrogens with two attached hydrogens (primary N) is 1. The van der Waals surface area contributed by atoms with Gasteiger partial charge in [-0.2, -0.15) is 0 Å². The number of nitrogens with one attached hydrogen (secondary N) is 1. The van der Waals surface area contributed by atoms with E-state index in [2.05, 4.69) is 10.3 Å². The summed E-state index contributed by atoms with van der Waals surface area (Å²) in [6, 6.07) is 15.2. The lowest BCUT2D eigenvalue weighted by molar-refractivity contribution is -0.122. The van der Waals surface area contributed by atoms with Crippen molar-refractivity contribution in [3.05, 3.63) is 98.2 Å². The van der Waals surface area contributed by atoms with E-state index in [9.17, 15) is 27.6 Å². The van der Waals surface area contributed by atoms with Gasteiger partial charge in [0, 0.05) is 33.9 Å². The second-order valence-electron chi connectivity index (χ2n) is 9.56. The molecule has 2 aromatic heterocycles. The fourth-order valence-electron chi connectivity index (χ4n) is 5.09. The van der Waals surface area contributed by atoms with Crippen LogP contribution in [0.4, 0.5) is 11.4 Å². The van der Waals surface area contributed by atoms with Gasteiger partial charge in [-0.3, -0.25) is 28.7 Å². The first-order valence-electron chi connectivity index (χ1n) is 12.4. The Morgan fingerprint density at radius 2 is 1.74 bits per heavy atom. The Balaban J connectivity index is 1.35. The molecule has 4 aromatic rings. The lowest BCUT2D eigenvalue weighted by atomic mass is 9.84. The summed E-state index contributed by atoms with van der Waals surface area (Å²) in [6.07, 6.45) is 3.20. The van der Waals surface area contributed by atoms with Crippen molar-refractivity contribution >= 4 is 73.8 Å². The van der Waals surface area contributed by atoms with E-state index in [-0.39, 0.29) is 11.4 Å². The highest BCUT2D eigenvalue weighted by molar-refractivity contribution is 8.00. The minimum atomic E-state index is -3.90. The summed E-state index contributed by atoms with van der Waals surface area (Å²) in [5.74, 6) is -2.80. The average Bonchev–Trinajstić information content (AvgIpc) is 3.40. The van der Waals surface area contributed by atoms with Crippen molar-refractivity contribution in [3.8, 4) is 0 Å². The third-order valence-electron chi connectivity index (χ3n) is 6.95. The van der Waals surface area contributed by atoms with Crippen molar-refractivity contribution in [3.63, 3.8) is 0 Å². The number of sulfonamides is 1. The molecule has 3 atom stereocenters. The smallest absolute Gasteiger partial charge is 0.308 e. The minimum absolute atomic E-state index is 0.112. The maximum atomic E-state index is 13.8. The molecule has 3 N–H and O–H groups in total. The zero-order valence-corrected chi connectivity index (χ0v) is 24.5. The van der Waals surface area contributed by atoms with Gasteiger partial charge in [0.05, 0.1) is 21.5 Å². The van der Waals surface area contributed by atoms with Crippen LogP contribution in [0.5, 0.6) is 0 Å². The highest BCUT2D eigenvalue weighted by Gasteiger charge is 2.56. The highest BCUT2D eigenvalue weighted by Crippen LogP contribution is 2.53. The fourth-order valence-corrected chi connectivity index (χ4v) is 8.51. The molecule has 42 heavy (non-hydrogen) atoms. The second-order valence-corrected chi connectivity index (χ2v) is 13.7. The van der Waals surface area contributed by atoms with Crippen LogP contribution in [0.15, 0.2) is 87.8 Å². The number of amides is 3. The molecule has 0 aliphatic carbocycles. The number of thioether (sulfide) groups is 1. The van der Waals surface area contributed by atoms with E-state index in [0.29, 0.717) is 31.9 Å². The summed E-state index contributed by atoms with van der Waals surface area (Å²) in [6.45, 7) is -0.366. The molecule has 0 unspecified atom stereocenters. The van der Waals surface area contributed by atoms with E-state index >= 15 is 0 Å². The number of anilines is 2. The Morgan fingerprint density at radius 3 is 2.38 bits per heavy atom. The third-order valence-corrected chi connectivity index (χ3v) is 10.7. The molecule has 3 amide bonds. The zero-order valence-electron chi connectivity index (χ0n) is 21.3. The second kappa shape index (κ2) is 10.8. The monoisotopic (exact) mass is 641 g/mol. The largest absolute Gasteiger partial charge is 0.325 e. The third kappa shape index (κ3) is 5.05. The van der Waals surface area contributed by atoms with E-state index < -0.39 is 49.7 Å². The van der Waals surface area contributed by atoms with Crippen molar-refractivity contribution in [1.82, 2.24) is 9.55 Å². The first-order chi connectivity index (χ1) is 20.0. The van der Waals surface area contributed by atoms with Gasteiger partial charge in [-0.15, -0.1) is 0 Å². The number of nitrogens with zero attached hydrogens (tertiary/aromatic N) is 3. The number of rotatable bonds is 6. The van der Waals surface area contributed by atoms with Gasteiger partial charge in [-0.1, -0.05) is 40.8 Å². The SMILES string of the molecule is NS(=O)(=O)c1ccc(NC(=O)Cn2c3c(sc2=O)[C@@H](c2cccnc2)[C@H]2C(=O)N(c4ccc(Cl)cc4)C(=O)[C@H]2S3)cc1. The van der Waals surface area contributed by atoms with Gasteiger partial charge >= 0.3 is 4.87 Å². The maximum absolute atomic E-state index is 13.8. The first-order valence-corrected chi connectivity index (χ1v) is 16.0. The molecular weight excluding hydrogens is 622 g/mol. The predicted molar refractivity (Wildman–Crippen MR) is 158 cm³/mol. The van der Waals surface area contributed by atoms with Gasteiger partial charge in [0.2, 0.25) is 27.7 Å². The van der Waals surface area contributed by atoms with E-state index in [1.807, 2.05) is 0 Å². The minimum Gasteiger partial charge on any atom is -0.325 e. The summed E-state index contributed by atoms with van der Waals surface area (Å²) in [5.41, 5.74) is 1.37. The van der Waals surface area contributed by atoms with Crippen LogP contribution in [-0.4, -0.2) is 40.9 Å². The van der Waals surface area contributed by atoms with Crippen LogP contribution >= 0.6 is 34.7 Å². The van der Waals surface area contributed by atoms with Crippen LogP contribution < -0.4 is 20.2 Å². The summed E-state index contributed by atoms with van der Waals surface area (Å²) < 4.78 is 24.3. The van der Waals surface area contributed by atoms with Gasteiger partial charge < -0.3 is 5.32 Å². The van der Waals surface area contributed by atoms with Crippen LogP contribution in [-0.2, 0) is 31.0 Å². The summed E-state index contributed by atoms with van der Waals surface area (Å²) >= 11 is 8.04. The molecule has 2 aromatic carbocycles. The number of fused-ring (bicyclic) bond motifs is 2. The number of halogens is 1. The molecular formula is C27H20ClN5O6S3. The maximum Gasteiger partial charge on any atom is 0.308 e. The summed E-state index contributed by atoms with van der Waals surface area (Å²) in [7, 11) is -3.90. The highest BCUT2D eigenvalue weighted by atomic mass is 35.5. The molecule has 2 aliphatic heterocycles. The van der Waals surface area contributed by atoms with Crippen LogP contribution in [0.3, 0.4) is 0 Å². The Hall–Kier alpha value is -3.82. The predicted octanol–water partition coefficient (Wildman–Crippen LogP) is 3.04. The van der Waals surface area contributed by atoms with Crippen molar-refractivity contribution in [2.24, 2.45) is 11.1 Å². The van der Waals surface area contributed by atoms with Crippen molar-refractivity contribution < 1.29 is 22.8 Å². The Labute approximate surface area is 252 Å². The number of hydrogen-bond donors (Lipinski definition) is 2. The quantitative estimate of drug-likeness (QED) is 0.304. The van der Waals surface area contributed by atoms with Crippen molar-refractivity contribution in [2.45, 2.75) is 27.6 Å². The van der Waals surface area contributed by atoms with E-state index in [4.69, 9.17) is 16.7 Å². The Kier molecular flexibility index (Phi) is 7.27. The lowest BCUT2D eigenvalue weighted by Gasteiger charge is -2.30. The normalized spacial score (nSPS) is 19.9. The Bertz CT molecular complexity index is 1890. The number of aromatic nitrogens is 2. The van der Waals surface area contributed by atoms with Crippen molar-refractivity contribution in [1.29, 1.82) is 0 Å². The number of pyridine rings is 1. The van der Waals surface area contributed by atoms with Crippen LogP contribution in [0.2, 0.25) is 5.02 Å². The van der Waals surface area contributed by atoms with Crippen molar-refractivity contribution in [2.75, 3.05) is 10.2 Å². The molecule has 2 aliphatic rings. The molecule has 0 saturated carbocycles. The molecule has 0 spiro atoms. The molecule has 0 bridgehead atoms. The molecule has 1 fully saturated rings. The number of carbonyl (C=O) groups excluding carboxylic acids is 3. The number of primary sulfonamides is 1. The average molecular weight is 642 g/mol. The molecule has 11 nitrogen and oxygen atoms in total. The lowest BCUT2D eigenvalue weighted by Crippen LogP contribution is -2.33. The van der Waals surface area contributed by atoms with E-state index in [0.717, 1.165) is 28.0 Å². The molecule has 0 radical (unpaired) electrons. The molecule has 4 heterocycles. The van der Waals surface area contributed by atoms with Crippen LogP contribution in [0.1, 0.15) is 16.4 Å². The zero-order chi connectivity index (χ0) is 29.8. The van der Waals surface area contributed by atoms with Crippen LogP contribution in [0, 0.1) is 5.92 Å². The van der Waals surface area contributed by atoms with Crippen LogP contribution in [0.25, 0.3) is 0 Å². The van der Waals surface area contributed by atoms with Gasteiger partial charge in [0.25, 0.3) is 0 Å². The standard InChI is InChI=1S/C27H20ClN5O6S3/c28-15-3-7-17(8-4-15)33-24(35)21-20(14-2-1-11-30-12-14)23-26(40-22(21)25(33)36)32(27(37)41-23)13-19(34)31-16-5-9-18(10-6-16)42(29,38)39/h1-12,20-22H,13H2,(H,31,34)(H2,29,38,39)/t20-,21+,22-/m0/s1. The molecule has 1 saturated heterocycles. The Morgan fingerprint density at radius 1 is 1.02 bits per heavy atom. The number of imide groups is 1. The number of thiazole rings is 1.